The van der Waals surface area contributed by atoms with E-state index in [9.17, 15) is 9.18 Å². The van der Waals surface area contributed by atoms with Gasteiger partial charge in [0.15, 0.2) is 5.78 Å². The highest BCUT2D eigenvalue weighted by atomic mass is 19.1. The van der Waals surface area contributed by atoms with E-state index in [4.69, 9.17) is 5.73 Å². The van der Waals surface area contributed by atoms with Gasteiger partial charge in [-0.1, -0.05) is 26.0 Å². The lowest BCUT2D eigenvalue weighted by molar-refractivity contribution is 0.0957. The molecule has 0 saturated heterocycles. The van der Waals surface area contributed by atoms with Gasteiger partial charge in [-0.2, -0.15) is 0 Å². The average Bonchev–Trinajstić information content (AvgIpc) is 2.27. The molecule has 0 heterocycles. The molecule has 3 heteroatoms. The summed E-state index contributed by atoms with van der Waals surface area (Å²) in [5.74, 6) is -0.567. The third kappa shape index (κ3) is 4.27. The summed E-state index contributed by atoms with van der Waals surface area (Å²) in [4.78, 5) is 11.8. The first-order valence-corrected chi connectivity index (χ1v) is 5.94. The van der Waals surface area contributed by atoms with Gasteiger partial charge in [0.25, 0.3) is 0 Å². The first-order chi connectivity index (χ1) is 7.96. The summed E-state index contributed by atoms with van der Waals surface area (Å²) in [6.45, 7) is 4.77. The van der Waals surface area contributed by atoms with Crippen molar-refractivity contribution in [3.63, 3.8) is 0 Å². The van der Waals surface area contributed by atoms with Crippen molar-refractivity contribution in [2.45, 2.75) is 33.1 Å². The summed E-state index contributed by atoms with van der Waals surface area (Å²) in [6, 6.07) is 6.12. The molecule has 2 nitrogen and oxygen atoms in total. The van der Waals surface area contributed by atoms with E-state index in [0.29, 0.717) is 13.0 Å². The van der Waals surface area contributed by atoms with Gasteiger partial charge in [-0.3, -0.25) is 4.79 Å². The number of carbonyl (C=O) groups is 1. The van der Waals surface area contributed by atoms with Crippen molar-refractivity contribution in [1.29, 1.82) is 0 Å². The predicted octanol–water partition coefficient (Wildman–Crippen LogP) is 3.16. The minimum absolute atomic E-state index is 0.0374. The molecule has 0 aliphatic rings. The fourth-order valence-corrected chi connectivity index (χ4v) is 1.79. The molecule has 94 valence electrons. The number of halogens is 1. The summed E-state index contributed by atoms with van der Waals surface area (Å²) >= 11 is 0. The third-order valence-electron chi connectivity index (χ3n) is 3.02. The van der Waals surface area contributed by atoms with Crippen LogP contribution in [0.15, 0.2) is 24.3 Å². The zero-order valence-electron chi connectivity index (χ0n) is 10.5. The molecule has 0 spiro atoms. The Hall–Kier alpha value is -1.22. The Labute approximate surface area is 102 Å². The minimum atomic E-state index is -0.436. The Morgan fingerprint density at radius 1 is 1.29 bits per heavy atom. The van der Waals surface area contributed by atoms with Gasteiger partial charge in [0.2, 0.25) is 0 Å². The maximum absolute atomic E-state index is 13.4. The Morgan fingerprint density at radius 2 is 1.94 bits per heavy atom. The standard InChI is InChI=1S/C14H20FNO/c1-14(2,9-10-16)8-7-13(17)11-5-3-4-6-12(11)15/h3-6H,7-10,16H2,1-2H3. The Balaban J connectivity index is 2.59. The molecule has 2 N–H and O–H groups in total. The van der Waals surface area contributed by atoms with Crippen molar-refractivity contribution in [1.82, 2.24) is 0 Å². The molecular weight excluding hydrogens is 217 g/mol. The van der Waals surface area contributed by atoms with Crippen LogP contribution >= 0.6 is 0 Å². The van der Waals surface area contributed by atoms with Crippen molar-refractivity contribution in [3.05, 3.63) is 35.6 Å². The number of nitrogens with two attached hydrogens (primary N) is 1. The van der Waals surface area contributed by atoms with Gasteiger partial charge in [0, 0.05) is 6.42 Å². The molecule has 0 amide bonds. The minimum Gasteiger partial charge on any atom is -0.330 e. The van der Waals surface area contributed by atoms with Gasteiger partial charge in [-0.25, -0.2) is 4.39 Å². The van der Waals surface area contributed by atoms with E-state index in [0.717, 1.165) is 12.8 Å². The van der Waals surface area contributed by atoms with Crippen LogP contribution in [0.3, 0.4) is 0 Å². The summed E-state index contributed by atoms with van der Waals surface area (Å²) in [7, 11) is 0. The number of rotatable bonds is 6. The van der Waals surface area contributed by atoms with Crippen LogP contribution in [-0.2, 0) is 0 Å². The zero-order valence-corrected chi connectivity index (χ0v) is 10.5. The van der Waals surface area contributed by atoms with E-state index in [-0.39, 0.29) is 16.8 Å². The predicted molar refractivity (Wildman–Crippen MR) is 67.4 cm³/mol. The molecule has 0 atom stereocenters. The Kier molecular flexibility index (Phi) is 4.82. The molecule has 0 aliphatic carbocycles. The lowest BCUT2D eigenvalue weighted by Crippen LogP contribution is -2.18. The normalized spacial score (nSPS) is 11.5. The highest BCUT2D eigenvalue weighted by molar-refractivity contribution is 5.96. The van der Waals surface area contributed by atoms with Crippen molar-refractivity contribution >= 4 is 5.78 Å². The average molecular weight is 237 g/mol. The van der Waals surface area contributed by atoms with Gasteiger partial charge in [-0.05, 0) is 36.9 Å². The molecule has 0 fully saturated rings. The van der Waals surface area contributed by atoms with Gasteiger partial charge in [-0.15, -0.1) is 0 Å². The smallest absolute Gasteiger partial charge is 0.165 e. The van der Waals surface area contributed by atoms with E-state index < -0.39 is 5.82 Å². The highest BCUT2D eigenvalue weighted by Crippen LogP contribution is 2.27. The monoisotopic (exact) mass is 237 g/mol. The first-order valence-electron chi connectivity index (χ1n) is 5.94. The number of hydrogen-bond acceptors (Lipinski definition) is 2. The summed E-state index contributed by atoms with van der Waals surface area (Å²) in [6.07, 6.45) is 1.98. The second-order valence-electron chi connectivity index (χ2n) is 5.11. The van der Waals surface area contributed by atoms with Gasteiger partial charge < -0.3 is 5.73 Å². The van der Waals surface area contributed by atoms with E-state index in [1.54, 1.807) is 12.1 Å². The maximum atomic E-state index is 13.4. The van der Waals surface area contributed by atoms with Crippen LogP contribution in [0.4, 0.5) is 4.39 Å². The molecule has 0 saturated carbocycles. The molecule has 0 aromatic heterocycles. The molecule has 0 bridgehead atoms. The number of Topliss-reactive ketones (excluding diaryl/α,β-unsaturated/α-hetero) is 1. The number of ketones is 1. The van der Waals surface area contributed by atoms with Crippen LogP contribution < -0.4 is 5.73 Å². The van der Waals surface area contributed by atoms with Crippen molar-refractivity contribution in [2.75, 3.05) is 6.54 Å². The quantitative estimate of drug-likeness (QED) is 0.772. The van der Waals surface area contributed by atoms with E-state index >= 15 is 0 Å². The molecule has 0 radical (unpaired) electrons. The van der Waals surface area contributed by atoms with Crippen molar-refractivity contribution < 1.29 is 9.18 Å². The Bertz CT molecular complexity index is 388. The van der Waals surface area contributed by atoms with E-state index in [1.165, 1.54) is 12.1 Å². The highest BCUT2D eigenvalue weighted by Gasteiger charge is 2.19. The second kappa shape index (κ2) is 5.92. The summed E-state index contributed by atoms with van der Waals surface area (Å²) in [5, 5.41) is 0. The van der Waals surface area contributed by atoms with Gasteiger partial charge >= 0.3 is 0 Å². The number of carbonyl (C=O) groups excluding carboxylic acids is 1. The summed E-state index contributed by atoms with van der Waals surface area (Å²) < 4.78 is 13.4. The van der Waals surface area contributed by atoms with Gasteiger partial charge in [0.1, 0.15) is 5.82 Å². The molecule has 0 aliphatic heterocycles. The molecule has 1 aromatic rings. The molecule has 0 unspecified atom stereocenters. The van der Waals surface area contributed by atoms with Crippen molar-refractivity contribution in [3.8, 4) is 0 Å². The lowest BCUT2D eigenvalue weighted by atomic mass is 9.83. The fourth-order valence-electron chi connectivity index (χ4n) is 1.79. The largest absolute Gasteiger partial charge is 0.330 e. The van der Waals surface area contributed by atoms with Gasteiger partial charge in [0.05, 0.1) is 5.56 Å². The van der Waals surface area contributed by atoms with Crippen LogP contribution in [0, 0.1) is 11.2 Å². The SMILES string of the molecule is CC(C)(CCN)CCC(=O)c1ccccc1F. The van der Waals surface area contributed by atoms with Crippen LogP contribution in [0.5, 0.6) is 0 Å². The van der Waals surface area contributed by atoms with Crippen molar-refractivity contribution in [2.24, 2.45) is 11.1 Å². The fraction of sp³-hybridized carbons (Fsp3) is 0.500. The molecule has 1 aromatic carbocycles. The first kappa shape index (κ1) is 13.8. The second-order valence-corrected chi connectivity index (χ2v) is 5.11. The molecular formula is C14H20FNO. The van der Waals surface area contributed by atoms with Crippen LogP contribution in [0.1, 0.15) is 43.5 Å². The summed E-state index contributed by atoms with van der Waals surface area (Å²) in [5.41, 5.74) is 5.74. The van der Waals surface area contributed by atoms with Crippen LogP contribution in [-0.4, -0.2) is 12.3 Å². The maximum Gasteiger partial charge on any atom is 0.165 e. The lowest BCUT2D eigenvalue weighted by Gasteiger charge is -2.23. The Morgan fingerprint density at radius 3 is 2.53 bits per heavy atom. The zero-order chi connectivity index (χ0) is 12.9. The molecule has 1 rings (SSSR count). The number of benzene rings is 1. The molecule has 17 heavy (non-hydrogen) atoms. The number of hydrogen-bond donors (Lipinski definition) is 1. The topological polar surface area (TPSA) is 43.1 Å². The third-order valence-corrected chi connectivity index (χ3v) is 3.02. The van der Waals surface area contributed by atoms with Crippen LogP contribution in [0.2, 0.25) is 0 Å². The van der Waals surface area contributed by atoms with E-state index in [2.05, 4.69) is 13.8 Å². The van der Waals surface area contributed by atoms with E-state index in [1.807, 2.05) is 0 Å². The van der Waals surface area contributed by atoms with Crippen LogP contribution in [0.25, 0.3) is 0 Å².